The maximum absolute atomic E-state index is 11.8. The van der Waals surface area contributed by atoms with Crippen molar-refractivity contribution in [3.8, 4) is 5.75 Å². The van der Waals surface area contributed by atoms with Crippen LogP contribution in [0.4, 0.5) is 5.69 Å². The van der Waals surface area contributed by atoms with Crippen molar-refractivity contribution in [2.24, 2.45) is 5.92 Å². The number of amides is 2. The molecular weight excluding hydrogens is 256 g/mol. The second-order valence-corrected chi connectivity index (χ2v) is 5.32. The van der Waals surface area contributed by atoms with Gasteiger partial charge in [0.2, 0.25) is 11.8 Å². The molecule has 0 saturated heterocycles. The van der Waals surface area contributed by atoms with Crippen LogP contribution in [-0.4, -0.2) is 18.4 Å². The normalized spacial score (nSPS) is 18.1. The van der Waals surface area contributed by atoms with Gasteiger partial charge in [0.1, 0.15) is 5.75 Å². The van der Waals surface area contributed by atoms with Crippen LogP contribution in [0.2, 0.25) is 0 Å². The van der Waals surface area contributed by atoms with Gasteiger partial charge in [-0.3, -0.25) is 9.59 Å². The van der Waals surface area contributed by atoms with Crippen LogP contribution in [-0.2, 0) is 16.1 Å². The molecular formula is C15H18N2O3. The molecule has 0 spiro atoms. The zero-order valence-corrected chi connectivity index (χ0v) is 11.3. The number of ether oxygens (including phenoxy) is 1. The van der Waals surface area contributed by atoms with E-state index in [0.29, 0.717) is 31.0 Å². The molecule has 0 unspecified atom stereocenters. The predicted octanol–water partition coefficient (Wildman–Crippen LogP) is 1.82. The summed E-state index contributed by atoms with van der Waals surface area (Å²) < 4.78 is 5.49. The van der Waals surface area contributed by atoms with Crippen molar-refractivity contribution in [2.45, 2.75) is 32.2 Å². The summed E-state index contributed by atoms with van der Waals surface area (Å²) in [6.45, 7) is 0.884. The van der Waals surface area contributed by atoms with E-state index in [0.717, 1.165) is 24.8 Å². The first-order chi connectivity index (χ1) is 9.72. The lowest BCUT2D eigenvalue weighted by Crippen LogP contribution is -2.33. The molecule has 0 atom stereocenters. The fraction of sp³-hybridized carbons (Fsp3) is 0.467. The highest BCUT2D eigenvalue weighted by Gasteiger charge is 2.24. The maximum Gasteiger partial charge on any atom is 0.227 e. The third-order valence-corrected chi connectivity index (χ3v) is 3.85. The van der Waals surface area contributed by atoms with Crippen molar-refractivity contribution in [3.63, 3.8) is 0 Å². The molecule has 0 bridgehead atoms. The van der Waals surface area contributed by atoms with Crippen molar-refractivity contribution >= 4 is 17.5 Å². The van der Waals surface area contributed by atoms with E-state index >= 15 is 0 Å². The first-order valence-electron chi connectivity index (χ1n) is 7.05. The minimum Gasteiger partial charge on any atom is -0.491 e. The number of hydrogen-bond donors (Lipinski definition) is 2. The van der Waals surface area contributed by atoms with E-state index in [1.807, 2.05) is 18.2 Å². The fourth-order valence-electron chi connectivity index (χ4n) is 2.38. The van der Waals surface area contributed by atoms with Crippen LogP contribution in [0.1, 0.15) is 31.2 Å². The predicted molar refractivity (Wildman–Crippen MR) is 74.4 cm³/mol. The fourth-order valence-corrected chi connectivity index (χ4v) is 2.38. The van der Waals surface area contributed by atoms with Gasteiger partial charge in [0.25, 0.3) is 0 Å². The summed E-state index contributed by atoms with van der Waals surface area (Å²) in [4.78, 5) is 23.3. The van der Waals surface area contributed by atoms with Crippen LogP contribution < -0.4 is 15.4 Å². The topological polar surface area (TPSA) is 67.4 Å². The van der Waals surface area contributed by atoms with E-state index in [1.54, 1.807) is 0 Å². The zero-order valence-electron chi connectivity index (χ0n) is 11.3. The summed E-state index contributed by atoms with van der Waals surface area (Å²) >= 11 is 0. The van der Waals surface area contributed by atoms with Crippen LogP contribution in [0.5, 0.6) is 5.75 Å². The van der Waals surface area contributed by atoms with E-state index in [2.05, 4.69) is 10.6 Å². The van der Waals surface area contributed by atoms with E-state index in [9.17, 15) is 9.59 Å². The minimum absolute atomic E-state index is 0.0422. The van der Waals surface area contributed by atoms with E-state index in [1.165, 1.54) is 0 Å². The molecule has 2 N–H and O–H groups in total. The Hall–Kier alpha value is -2.04. The van der Waals surface area contributed by atoms with Crippen LogP contribution in [0, 0.1) is 5.92 Å². The second kappa shape index (κ2) is 5.53. The van der Waals surface area contributed by atoms with Gasteiger partial charge in [-0.05, 0) is 30.5 Å². The maximum atomic E-state index is 11.8. The summed E-state index contributed by atoms with van der Waals surface area (Å²) in [7, 11) is 0. The summed E-state index contributed by atoms with van der Waals surface area (Å²) in [5.41, 5.74) is 1.64. The van der Waals surface area contributed by atoms with Gasteiger partial charge in [-0.2, -0.15) is 0 Å². The second-order valence-electron chi connectivity index (χ2n) is 5.32. The van der Waals surface area contributed by atoms with Crippen molar-refractivity contribution in [1.29, 1.82) is 0 Å². The average Bonchev–Trinajstić information content (AvgIpc) is 2.54. The van der Waals surface area contributed by atoms with Gasteiger partial charge in [-0.25, -0.2) is 0 Å². The molecule has 5 heteroatoms. The molecule has 0 aromatic heterocycles. The number of anilines is 1. The molecule has 106 valence electrons. The molecule has 1 aromatic carbocycles. The standard InChI is InChI=1S/C15H18N2O3/c18-14-6-7-20-13-5-4-10(8-12(13)17-14)9-16-15(19)11-2-1-3-11/h4-5,8,11H,1-3,6-7,9H2,(H,16,19)(H,17,18). The highest BCUT2D eigenvalue weighted by Crippen LogP contribution is 2.29. The Morgan fingerprint density at radius 1 is 1.40 bits per heavy atom. The number of carbonyl (C=O) groups excluding carboxylic acids is 2. The zero-order chi connectivity index (χ0) is 13.9. The highest BCUT2D eigenvalue weighted by molar-refractivity contribution is 5.93. The molecule has 1 aliphatic carbocycles. The number of nitrogens with one attached hydrogen (secondary N) is 2. The van der Waals surface area contributed by atoms with Crippen LogP contribution in [0.15, 0.2) is 18.2 Å². The SMILES string of the molecule is O=C1CCOc2ccc(CNC(=O)C3CCC3)cc2N1. The number of fused-ring (bicyclic) bond motifs is 1. The van der Waals surface area contributed by atoms with Crippen LogP contribution >= 0.6 is 0 Å². The Morgan fingerprint density at radius 2 is 2.25 bits per heavy atom. The van der Waals surface area contributed by atoms with Gasteiger partial charge < -0.3 is 15.4 Å². The lowest BCUT2D eigenvalue weighted by Gasteiger charge is -2.24. The molecule has 0 radical (unpaired) electrons. The average molecular weight is 274 g/mol. The summed E-state index contributed by atoms with van der Waals surface area (Å²) in [6.07, 6.45) is 3.52. The van der Waals surface area contributed by atoms with Crippen molar-refractivity contribution < 1.29 is 14.3 Å². The largest absolute Gasteiger partial charge is 0.491 e. The Kier molecular flexibility index (Phi) is 3.58. The van der Waals surface area contributed by atoms with Crippen molar-refractivity contribution in [3.05, 3.63) is 23.8 Å². The van der Waals surface area contributed by atoms with Gasteiger partial charge in [-0.1, -0.05) is 12.5 Å². The molecule has 1 aliphatic heterocycles. The molecule has 20 heavy (non-hydrogen) atoms. The number of rotatable bonds is 3. The quantitative estimate of drug-likeness (QED) is 0.883. The minimum atomic E-state index is -0.0422. The van der Waals surface area contributed by atoms with E-state index < -0.39 is 0 Å². The third kappa shape index (κ3) is 2.76. The Labute approximate surface area is 117 Å². The molecule has 2 amide bonds. The molecule has 1 aromatic rings. The summed E-state index contributed by atoms with van der Waals surface area (Å²) in [6, 6.07) is 5.61. The molecule has 1 fully saturated rings. The van der Waals surface area contributed by atoms with Crippen LogP contribution in [0.25, 0.3) is 0 Å². The third-order valence-electron chi connectivity index (χ3n) is 3.85. The monoisotopic (exact) mass is 274 g/mol. The van der Waals surface area contributed by atoms with Crippen LogP contribution in [0.3, 0.4) is 0 Å². The number of benzene rings is 1. The first-order valence-corrected chi connectivity index (χ1v) is 7.05. The van der Waals surface area contributed by atoms with Crippen molar-refractivity contribution in [2.75, 3.05) is 11.9 Å². The van der Waals surface area contributed by atoms with Gasteiger partial charge >= 0.3 is 0 Å². The summed E-state index contributed by atoms with van der Waals surface area (Å²) in [5.74, 6) is 0.967. The molecule has 1 saturated carbocycles. The lowest BCUT2D eigenvalue weighted by molar-refractivity contribution is -0.127. The van der Waals surface area contributed by atoms with E-state index in [-0.39, 0.29) is 17.7 Å². The van der Waals surface area contributed by atoms with Gasteiger partial charge in [-0.15, -0.1) is 0 Å². The molecule has 5 nitrogen and oxygen atoms in total. The van der Waals surface area contributed by atoms with Gasteiger partial charge in [0, 0.05) is 12.5 Å². The molecule has 2 aliphatic rings. The van der Waals surface area contributed by atoms with Gasteiger partial charge in [0.05, 0.1) is 18.7 Å². The smallest absolute Gasteiger partial charge is 0.227 e. The Balaban J connectivity index is 1.65. The number of carbonyl (C=O) groups is 2. The molecule has 1 heterocycles. The Bertz CT molecular complexity index is 538. The first kappa shape index (κ1) is 13.0. The van der Waals surface area contributed by atoms with Crippen molar-refractivity contribution in [1.82, 2.24) is 5.32 Å². The van der Waals surface area contributed by atoms with E-state index in [4.69, 9.17) is 4.74 Å². The molecule has 3 rings (SSSR count). The highest BCUT2D eigenvalue weighted by atomic mass is 16.5. The summed E-state index contributed by atoms with van der Waals surface area (Å²) in [5, 5.41) is 5.76. The Morgan fingerprint density at radius 3 is 3.00 bits per heavy atom. The lowest BCUT2D eigenvalue weighted by atomic mass is 9.85. The number of hydrogen-bond acceptors (Lipinski definition) is 3. The van der Waals surface area contributed by atoms with Gasteiger partial charge in [0.15, 0.2) is 0 Å².